The van der Waals surface area contributed by atoms with Gasteiger partial charge in [-0.3, -0.25) is 9.59 Å². The SMILES string of the molecule is O=C1CSc2cc(F)c(CN[C@H]3CC[C@H](C(=O)O)CC3)cc2N1. The first-order valence-corrected chi connectivity index (χ1v) is 8.72. The topological polar surface area (TPSA) is 78.4 Å². The number of hydrogen-bond donors (Lipinski definition) is 3. The highest BCUT2D eigenvalue weighted by atomic mass is 32.2. The lowest BCUT2D eigenvalue weighted by atomic mass is 9.86. The summed E-state index contributed by atoms with van der Waals surface area (Å²) in [6, 6.07) is 3.37. The number of halogens is 1. The summed E-state index contributed by atoms with van der Waals surface area (Å²) < 4.78 is 14.2. The average Bonchev–Trinajstić information content (AvgIpc) is 2.53. The van der Waals surface area contributed by atoms with Crippen molar-refractivity contribution in [2.24, 2.45) is 5.92 Å². The molecule has 0 radical (unpaired) electrons. The van der Waals surface area contributed by atoms with Crippen LogP contribution in [-0.4, -0.2) is 28.8 Å². The first-order chi connectivity index (χ1) is 11.0. The van der Waals surface area contributed by atoms with Crippen LogP contribution in [-0.2, 0) is 16.1 Å². The summed E-state index contributed by atoms with van der Waals surface area (Å²) in [5.41, 5.74) is 1.19. The molecule has 1 aliphatic carbocycles. The highest BCUT2D eigenvalue weighted by molar-refractivity contribution is 8.00. The average molecular weight is 338 g/mol. The van der Waals surface area contributed by atoms with Crippen molar-refractivity contribution in [2.45, 2.75) is 43.2 Å². The number of fused-ring (bicyclic) bond motifs is 1. The summed E-state index contributed by atoms with van der Waals surface area (Å²) in [4.78, 5) is 23.1. The number of hydrogen-bond acceptors (Lipinski definition) is 4. The minimum absolute atomic E-state index is 0.0694. The fourth-order valence-corrected chi connectivity index (χ4v) is 3.89. The van der Waals surface area contributed by atoms with Crippen LogP contribution in [0.25, 0.3) is 0 Å². The van der Waals surface area contributed by atoms with Gasteiger partial charge in [-0.1, -0.05) is 0 Å². The van der Waals surface area contributed by atoms with E-state index >= 15 is 0 Å². The molecule has 0 unspecified atom stereocenters. The quantitative estimate of drug-likeness (QED) is 0.786. The molecule has 0 aromatic heterocycles. The minimum atomic E-state index is -0.725. The van der Waals surface area contributed by atoms with E-state index in [0.717, 1.165) is 17.7 Å². The van der Waals surface area contributed by atoms with Gasteiger partial charge in [0.05, 0.1) is 17.4 Å². The van der Waals surface area contributed by atoms with Crippen LogP contribution in [0.5, 0.6) is 0 Å². The Morgan fingerprint density at radius 1 is 1.35 bits per heavy atom. The van der Waals surface area contributed by atoms with Crippen LogP contribution in [0.3, 0.4) is 0 Å². The summed E-state index contributed by atoms with van der Waals surface area (Å²) in [6.07, 6.45) is 2.89. The van der Waals surface area contributed by atoms with Crippen LogP contribution in [0, 0.1) is 11.7 Å². The van der Waals surface area contributed by atoms with Crippen molar-refractivity contribution < 1.29 is 19.1 Å². The number of thioether (sulfide) groups is 1. The summed E-state index contributed by atoms with van der Waals surface area (Å²) in [6.45, 7) is 0.377. The van der Waals surface area contributed by atoms with Crippen LogP contribution in [0.2, 0.25) is 0 Å². The molecule has 3 rings (SSSR count). The maximum Gasteiger partial charge on any atom is 0.306 e. The van der Waals surface area contributed by atoms with Crippen LogP contribution < -0.4 is 10.6 Å². The second kappa shape index (κ2) is 6.88. The Morgan fingerprint density at radius 3 is 2.78 bits per heavy atom. The van der Waals surface area contributed by atoms with Crippen molar-refractivity contribution in [3.63, 3.8) is 0 Å². The van der Waals surface area contributed by atoms with E-state index in [4.69, 9.17) is 5.11 Å². The molecule has 23 heavy (non-hydrogen) atoms. The minimum Gasteiger partial charge on any atom is -0.481 e. The van der Waals surface area contributed by atoms with Crippen LogP contribution >= 0.6 is 11.8 Å². The number of anilines is 1. The summed E-state index contributed by atoms with van der Waals surface area (Å²) in [7, 11) is 0. The molecule has 5 nitrogen and oxygen atoms in total. The molecule has 1 amide bonds. The summed E-state index contributed by atoms with van der Waals surface area (Å²) in [5, 5.41) is 15.1. The molecule has 7 heteroatoms. The Bertz CT molecular complexity index is 630. The molecule has 1 saturated carbocycles. The molecule has 0 bridgehead atoms. The maximum absolute atomic E-state index is 14.2. The van der Waals surface area contributed by atoms with Gasteiger partial charge in [0.25, 0.3) is 0 Å². The number of benzene rings is 1. The Balaban J connectivity index is 1.59. The van der Waals surface area contributed by atoms with Gasteiger partial charge in [0.2, 0.25) is 5.91 Å². The monoisotopic (exact) mass is 338 g/mol. The van der Waals surface area contributed by atoms with Gasteiger partial charge in [0, 0.05) is 23.0 Å². The van der Waals surface area contributed by atoms with Gasteiger partial charge in [-0.15, -0.1) is 11.8 Å². The molecule has 1 aliphatic heterocycles. The van der Waals surface area contributed by atoms with Crippen molar-refractivity contribution in [1.29, 1.82) is 0 Å². The molecule has 0 spiro atoms. The Kier molecular flexibility index (Phi) is 4.87. The van der Waals surface area contributed by atoms with E-state index in [1.54, 1.807) is 6.07 Å². The van der Waals surface area contributed by atoms with Crippen LogP contribution in [0.1, 0.15) is 31.2 Å². The van der Waals surface area contributed by atoms with Crippen molar-refractivity contribution in [3.05, 3.63) is 23.5 Å². The van der Waals surface area contributed by atoms with Gasteiger partial charge >= 0.3 is 5.97 Å². The fourth-order valence-electron chi connectivity index (χ4n) is 3.08. The molecular weight excluding hydrogens is 319 g/mol. The molecule has 1 aromatic carbocycles. The van der Waals surface area contributed by atoms with E-state index in [1.807, 2.05) is 0 Å². The summed E-state index contributed by atoms with van der Waals surface area (Å²) >= 11 is 1.34. The van der Waals surface area contributed by atoms with Crippen molar-refractivity contribution in [2.75, 3.05) is 11.1 Å². The number of carboxylic acids is 1. The standard InChI is InChI=1S/C16H19FN2O3S/c17-12-6-14-13(19-15(20)8-23-14)5-10(12)7-18-11-3-1-9(2-4-11)16(21)22/h5-6,9,11,18H,1-4,7-8H2,(H,19,20)(H,21,22)/t9-,11-. The van der Waals surface area contributed by atoms with Crippen LogP contribution in [0.15, 0.2) is 17.0 Å². The number of carbonyl (C=O) groups excluding carboxylic acids is 1. The number of aliphatic carboxylic acids is 1. The van der Waals surface area contributed by atoms with E-state index in [2.05, 4.69) is 10.6 Å². The smallest absolute Gasteiger partial charge is 0.306 e. The zero-order valence-electron chi connectivity index (χ0n) is 12.6. The second-order valence-electron chi connectivity index (χ2n) is 6.04. The van der Waals surface area contributed by atoms with Crippen LogP contribution in [0.4, 0.5) is 10.1 Å². The van der Waals surface area contributed by atoms with E-state index in [-0.39, 0.29) is 23.7 Å². The molecule has 0 atom stereocenters. The molecule has 1 aromatic rings. The lowest BCUT2D eigenvalue weighted by Gasteiger charge is -2.27. The van der Waals surface area contributed by atoms with Crippen molar-refractivity contribution in [1.82, 2.24) is 5.32 Å². The highest BCUT2D eigenvalue weighted by Gasteiger charge is 2.26. The molecule has 3 N–H and O–H groups in total. The predicted molar refractivity (Wildman–Crippen MR) is 86.0 cm³/mol. The fraction of sp³-hybridized carbons (Fsp3) is 0.500. The predicted octanol–water partition coefficient (Wildman–Crippen LogP) is 2.60. The molecule has 124 valence electrons. The number of carbonyl (C=O) groups is 2. The van der Waals surface area contributed by atoms with Gasteiger partial charge in [0.1, 0.15) is 5.82 Å². The molecule has 2 aliphatic rings. The Morgan fingerprint density at radius 2 is 2.09 bits per heavy atom. The number of rotatable bonds is 4. The van der Waals surface area contributed by atoms with Gasteiger partial charge in [-0.25, -0.2) is 4.39 Å². The molecular formula is C16H19FN2O3S. The summed E-state index contributed by atoms with van der Waals surface area (Å²) in [5.74, 6) is -1.01. The van der Waals surface area contributed by atoms with Gasteiger partial charge in [-0.2, -0.15) is 0 Å². The third kappa shape index (κ3) is 3.84. The second-order valence-corrected chi connectivity index (χ2v) is 7.06. The van der Waals surface area contributed by atoms with Crippen molar-refractivity contribution >= 4 is 29.3 Å². The van der Waals surface area contributed by atoms with E-state index in [1.165, 1.54) is 17.8 Å². The number of amides is 1. The van der Waals surface area contributed by atoms with Gasteiger partial charge in [0.15, 0.2) is 0 Å². The molecule has 1 fully saturated rings. The first kappa shape index (κ1) is 16.3. The first-order valence-electron chi connectivity index (χ1n) is 7.74. The number of carboxylic acid groups (broad SMARTS) is 1. The third-order valence-corrected chi connectivity index (χ3v) is 5.49. The lowest BCUT2D eigenvalue weighted by Crippen LogP contribution is -2.34. The molecule has 0 saturated heterocycles. The maximum atomic E-state index is 14.2. The van der Waals surface area contributed by atoms with Crippen molar-refractivity contribution in [3.8, 4) is 0 Å². The largest absolute Gasteiger partial charge is 0.481 e. The highest BCUT2D eigenvalue weighted by Crippen LogP contribution is 2.33. The zero-order chi connectivity index (χ0) is 16.4. The number of nitrogens with one attached hydrogen (secondary N) is 2. The van der Waals surface area contributed by atoms with E-state index < -0.39 is 5.97 Å². The van der Waals surface area contributed by atoms with E-state index in [9.17, 15) is 14.0 Å². The van der Waals surface area contributed by atoms with E-state index in [0.29, 0.717) is 36.4 Å². The van der Waals surface area contributed by atoms with Gasteiger partial charge < -0.3 is 15.7 Å². The zero-order valence-corrected chi connectivity index (χ0v) is 13.4. The lowest BCUT2D eigenvalue weighted by molar-refractivity contribution is -0.142. The third-order valence-electron chi connectivity index (χ3n) is 4.44. The Labute approximate surface area is 138 Å². The normalized spacial score (nSPS) is 24.0. The molecule has 1 heterocycles. The van der Waals surface area contributed by atoms with Gasteiger partial charge in [-0.05, 0) is 37.8 Å². The Hall–Kier alpha value is -1.60.